The smallest absolute Gasteiger partial charge is 0.0591 e. The van der Waals surface area contributed by atoms with Gasteiger partial charge in [0.05, 0.1) is 6.10 Å². The third-order valence-corrected chi connectivity index (χ3v) is 11.6. The van der Waals surface area contributed by atoms with Crippen molar-refractivity contribution in [1.29, 1.82) is 0 Å². The monoisotopic (exact) mass is 443 g/mol. The van der Waals surface area contributed by atoms with E-state index in [9.17, 15) is 5.11 Å². The lowest BCUT2D eigenvalue weighted by molar-refractivity contribution is -0.176. The van der Waals surface area contributed by atoms with E-state index >= 15 is 0 Å². The molecule has 4 rings (SSSR count). The summed E-state index contributed by atoms with van der Waals surface area (Å²) in [6.45, 7) is 14.5. The second-order valence-corrected chi connectivity index (χ2v) is 13.7. The SMILES string of the molecule is C/C=C\[C@@H]1CC[C@]2(C)C3CCC4(C)C(CC[C@@H]4C(C)CCCC(C)C)C3[C@H](O)C[C@@]2(N)C1. The Labute approximate surface area is 199 Å². The molecule has 3 N–H and O–H groups in total. The average molecular weight is 444 g/mol. The molecule has 4 fully saturated rings. The van der Waals surface area contributed by atoms with E-state index < -0.39 is 0 Å². The van der Waals surface area contributed by atoms with Crippen molar-refractivity contribution in [2.24, 2.45) is 58.0 Å². The van der Waals surface area contributed by atoms with Crippen LogP contribution >= 0.6 is 0 Å². The minimum atomic E-state index is -0.206. The molecular weight excluding hydrogens is 390 g/mol. The van der Waals surface area contributed by atoms with Crippen molar-refractivity contribution in [3.63, 3.8) is 0 Å². The molecule has 4 saturated carbocycles. The Morgan fingerprint density at radius 3 is 2.41 bits per heavy atom. The highest BCUT2D eigenvalue weighted by atomic mass is 16.3. The van der Waals surface area contributed by atoms with E-state index in [0.29, 0.717) is 29.1 Å². The van der Waals surface area contributed by atoms with Gasteiger partial charge in [0, 0.05) is 5.54 Å². The fourth-order valence-electron chi connectivity index (χ4n) is 9.85. The molecule has 32 heavy (non-hydrogen) atoms. The van der Waals surface area contributed by atoms with Gasteiger partial charge in [0.25, 0.3) is 0 Å². The number of nitrogens with two attached hydrogens (primary N) is 1. The van der Waals surface area contributed by atoms with Crippen LogP contribution in [0.2, 0.25) is 0 Å². The van der Waals surface area contributed by atoms with Crippen LogP contribution in [0.4, 0.5) is 0 Å². The highest BCUT2D eigenvalue weighted by Crippen LogP contribution is 2.69. The Morgan fingerprint density at radius 1 is 0.969 bits per heavy atom. The Morgan fingerprint density at radius 2 is 1.72 bits per heavy atom. The molecule has 10 atom stereocenters. The highest BCUT2D eigenvalue weighted by molar-refractivity contribution is 5.19. The lowest BCUT2D eigenvalue weighted by Crippen LogP contribution is -2.69. The molecule has 4 aliphatic carbocycles. The van der Waals surface area contributed by atoms with E-state index in [1.165, 1.54) is 57.8 Å². The van der Waals surface area contributed by atoms with Crippen LogP contribution in [-0.4, -0.2) is 16.7 Å². The van der Waals surface area contributed by atoms with Gasteiger partial charge in [-0.15, -0.1) is 0 Å². The third-order valence-electron chi connectivity index (χ3n) is 11.6. The van der Waals surface area contributed by atoms with Crippen LogP contribution in [0.3, 0.4) is 0 Å². The van der Waals surface area contributed by atoms with Gasteiger partial charge in [0.15, 0.2) is 0 Å². The van der Waals surface area contributed by atoms with Gasteiger partial charge < -0.3 is 10.8 Å². The zero-order valence-electron chi connectivity index (χ0n) is 22.1. The predicted octanol–water partition coefficient (Wildman–Crippen LogP) is 7.35. The Balaban J connectivity index is 1.53. The van der Waals surface area contributed by atoms with Gasteiger partial charge in [-0.1, -0.05) is 66.0 Å². The van der Waals surface area contributed by atoms with Gasteiger partial charge in [0.2, 0.25) is 0 Å². The Kier molecular flexibility index (Phi) is 6.99. The van der Waals surface area contributed by atoms with Crippen molar-refractivity contribution in [2.45, 2.75) is 124 Å². The van der Waals surface area contributed by atoms with Crippen LogP contribution in [0.25, 0.3) is 0 Å². The third kappa shape index (κ3) is 3.94. The van der Waals surface area contributed by atoms with Crippen LogP contribution in [0.1, 0.15) is 112 Å². The largest absolute Gasteiger partial charge is 0.393 e. The summed E-state index contributed by atoms with van der Waals surface area (Å²) in [4.78, 5) is 0. The first-order chi connectivity index (χ1) is 15.1. The van der Waals surface area contributed by atoms with Gasteiger partial charge in [-0.2, -0.15) is 0 Å². The zero-order valence-corrected chi connectivity index (χ0v) is 22.1. The van der Waals surface area contributed by atoms with E-state index in [-0.39, 0.29) is 17.1 Å². The standard InChI is InChI=1S/C30H53NO/c1-7-9-22-14-17-29(6)25-15-16-28(5)23(21(4)11-8-10-20(2)3)12-13-24(28)27(25)26(32)19-30(29,31)18-22/h7,9,20-27,32H,8,10-19,31H2,1-6H3/b9-7-/t21?,22-,23-,24?,25?,26-,27?,28?,29-,30+/m1/s1. The van der Waals surface area contributed by atoms with Crippen LogP contribution in [-0.2, 0) is 0 Å². The lowest BCUT2D eigenvalue weighted by Gasteiger charge is -2.66. The van der Waals surface area contributed by atoms with Crippen molar-refractivity contribution in [3.05, 3.63) is 12.2 Å². The van der Waals surface area contributed by atoms with Crippen molar-refractivity contribution in [2.75, 3.05) is 0 Å². The molecule has 0 heterocycles. The Bertz CT molecular complexity index is 686. The Hall–Kier alpha value is -0.340. The van der Waals surface area contributed by atoms with Crippen LogP contribution in [0, 0.1) is 52.3 Å². The summed E-state index contributed by atoms with van der Waals surface area (Å²) < 4.78 is 0. The number of fused-ring (bicyclic) bond motifs is 5. The second kappa shape index (κ2) is 9.03. The van der Waals surface area contributed by atoms with Crippen molar-refractivity contribution >= 4 is 0 Å². The normalized spacial score (nSPS) is 49.7. The summed E-state index contributed by atoms with van der Waals surface area (Å²) in [5.74, 6) is 4.86. The van der Waals surface area contributed by atoms with Gasteiger partial charge >= 0.3 is 0 Å². The summed E-state index contributed by atoms with van der Waals surface area (Å²) >= 11 is 0. The van der Waals surface area contributed by atoms with Gasteiger partial charge in [-0.25, -0.2) is 0 Å². The fourth-order valence-corrected chi connectivity index (χ4v) is 9.85. The van der Waals surface area contributed by atoms with E-state index in [1.807, 2.05) is 0 Å². The predicted molar refractivity (Wildman–Crippen MR) is 136 cm³/mol. The number of aliphatic hydroxyl groups is 1. The summed E-state index contributed by atoms with van der Waals surface area (Å²) in [6.07, 6.45) is 18.3. The molecule has 5 unspecified atom stereocenters. The molecule has 0 amide bonds. The molecule has 0 aromatic heterocycles. The van der Waals surface area contributed by atoms with E-state index in [0.717, 1.165) is 30.6 Å². The first kappa shape index (κ1) is 24.8. The quantitative estimate of drug-likeness (QED) is 0.421. The molecule has 2 heteroatoms. The summed E-state index contributed by atoms with van der Waals surface area (Å²) in [7, 11) is 0. The van der Waals surface area contributed by atoms with Crippen molar-refractivity contribution in [1.82, 2.24) is 0 Å². The summed E-state index contributed by atoms with van der Waals surface area (Å²) in [6, 6.07) is 0. The van der Waals surface area contributed by atoms with Gasteiger partial charge in [-0.3, -0.25) is 0 Å². The molecule has 0 aliphatic heterocycles. The maximum Gasteiger partial charge on any atom is 0.0591 e. The van der Waals surface area contributed by atoms with Crippen LogP contribution in [0.5, 0.6) is 0 Å². The fraction of sp³-hybridized carbons (Fsp3) is 0.933. The first-order valence-corrected chi connectivity index (χ1v) is 14.2. The first-order valence-electron chi connectivity index (χ1n) is 14.2. The van der Waals surface area contributed by atoms with E-state index in [4.69, 9.17) is 5.73 Å². The lowest BCUT2D eigenvalue weighted by atomic mass is 9.41. The molecule has 0 spiro atoms. The number of hydrogen-bond donors (Lipinski definition) is 2. The zero-order chi connectivity index (χ0) is 23.3. The van der Waals surface area contributed by atoms with Gasteiger partial charge in [-0.05, 0) is 111 Å². The van der Waals surface area contributed by atoms with E-state index in [1.54, 1.807) is 0 Å². The minimum Gasteiger partial charge on any atom is -0.393 e. The van der Waals surface area contributed by atoms with Crippen molar-refractivity contribution < 1.29 is 5.11 Å². The maximum absolute atomic E-state index is 11.6. The molecule has 0 radical (unpaired) electrons. The average Bonchev–Trinajstić information content (AvgIpc) is 3.06. The maximum atomic E-state index is 11.6. The van der Waals surface area contributed by atoms with E-state index in [2.05, 4.69) is 53.7 Å². The molecule has 4 aliphatic rings. The van der Waals surface area contributed by atoms with Crippen LogP contribution in [0.15, 0.2) is 12.2 Å². The molecule has 0 aromatic carbocycles. The minimum absolute atomic E-state index is 0.192. The molecule has 184 valence electrons. The van der Waals surface area contributed by atoms with Crippen molar-refractivity contribution in [3.8, 4) is 0 Å². The second-order valence-electron chi connectivity index (χ2n) is 13.7. The number of hydrogen-bond acceptors (Lipinski definition) is 2. The van der Waals surface area contributed by atoms with Crippen LogP contribution < -0.4 is 5.73 Å². The molecule has 0 bridgehead atoms. The summed E-state index contributed by atoms with van der Waals surface area (Å²) in [5, 5.41) is 11.6. The number of aliphatic hydroxyl groups excluding tert-OH is 1. The topological polar surface area (TPSA) is 46.2 Å². The highest BCUT2D eigenvalue weighted by Gasteiger charge is 2.66. The molecule has 0 aromatic rings. The number of rotatable bonds is 6. The summed E-state index contributed by atoms with van der Waals surface area (Å²) in [5.41, 5.74) is 7.66. The molecular formula is C30H53NO. The molecule has 2 nitrogen and oxygen atoms in total. The molecule has 0 saturated heterocycles. The van der Waals surface area contributed by atoms with Gasteiger partial charge in [0.1, 0.15) is 0 Å². The number of allylic oxidation sites excluding steroid dienone is 2.